The summed E-state index contributed by atoms with van der Waals surface area (Å²) in [6, 6.07) is 17.6. The molecule has 3 rings (SSSR count). The number of rotatable bonds is 5. The quantitative estimate of drug-likeness (QED) is 0.874. The summed E-state index contributed by atoms with van der Waals surface area (Å²) >= 11 is 0. The standard InChI is InChI=1S/C19H22N2O2.ClH/c22-19(21-17-9-5-11-20-13-17)16-8-4-10-18(12-16)23-14-15-6-2-1-3-7-15;/h1-4,6-8,10,12,17,20H,5,9,11,13-14H2,(H,21,22);1H. The van der Waals surface area contributed by atoms with Gasteiger partial charge in [0.15, 0.2) is 0 Å². The molecule has 1 unspecified atom stereocenters. The first-order chi connectivity index (χ1) is 11.3. The molecule has 1 saturated heterocycles. The first kappa shape index (κ1) is 18.3. The van der Waals surface area contributed by atoms with E-state index in [0.29, 0.717) is 17.9 Å². The fraction of sp³-hybridized carbons (Fsp3) is 0.316. The third-order valence-electron chi connectivity index (χ3n) is 3.98. The molecule has 24 heavy (non-hydrogen) atoms. The van der Waals surface area contributed by atoms with Crippen molar-refractivity contribution in [3.63, 3.8) is 0 Å². The van der Waals surface area contributed by atoms with E-state index in [0.717, 1.165) is 31.5 Å². The van der Waals surface area contributed by atoms with Gasteiger partial charge in [0.25, 0.3) is 5.91 Å². The van der Waals surface area contributed by atoms with Crippen LogP contribution in [0, 0.1) is 0 Å². The molecule has 0 spiro atoms. The molecular weight excluding hydrogens is 324 g/mol. The van der Waals surface area contributed by atoms with Crippen LogP contribution in [0.4, 0.5) is 0 Å². The Balaban J connectivity index is 0.00000208. The molecular formula is C19H23ClN2O2. The van der Waals surface area contributed by atoms with Crippen molar-refractivity contribution < 1.29 is 9.53 Å². The highest BCUT2D eigenvalue weighted by molar-refractivity contribution is 5.94. The van der Waals surface area contributed by atoms with Crippen LogP contribution in [-0.2, 0) is 6.61 Å². The molecule has 128 valence electrons. The van der Waals surface area contributed by atoms with Crippen LogP contribution < -0.4 is 15.4 Å². The Morgan fingerprint density at radius 3 is 2.75 bits per heavy atom. The van der Waals surface area contributed by atoms with Crippen LogP contribution in [0.25, 0.3) is 0 Å². The molecule has 1 aliphatic rings. The van der Waals surface area contributed by atoms with Crippen LogP contribution in [-0.4, -0.2) is 25.0 Å². The van der Waals surface area contributed by atoms with Crippen molar-refractivity contribution in [2.75, 3.05) is 13.1 Å². The fourth-order valence-corrected chi connectivity index (χ4v) is 2.71. The maximum absolute atomic E-state index is 12.3. The number of amides is 1. The van der Waals surface area contributed by atoms with Crippen molar-refractivity contribution >= 4 is 18.3 Å². The number of carbonyl (C=O) groups excluding carboxylic acids is 1. The highest BCUT2D eigenvalue weighted by Gasteiger charge is 2.16. The van der Waals surface area contributed by atoms with Crippen LogP contribution in [0.2, 0.25) is 0 Å². The van der Waals surface area contributed by atoms with E-state index < -0.39 is 0 Å². The molecule has 1 heterocycles. The minimum atomic E-state index is -0.0381. The molecule has 2 aromatic carbocycles. The third-order valence-corrected chi connectivity index (χ3v) is 3.98. The number of nitrogens with one attached hydrogen (secondary N) is 2. The van der Waals surface area contributed by atoms with E-state index >= 15 is 0 Å². The van der Waals surface area contributed by atoms with Crippen molar-refractivity contribution in [2.45, 2.75) is 25.5 Å². The van der Waals surface area contributed by atoms with Crippen molar-refractivity contribution in [1.82, 2.24) is 10.6 Å². The number of carbonyl (C=O) groups is 1. The van der Waals surface area contributed by atoms with Gasteiger partial charge < -0.3 is 15.4 Å². The summed E-state index contributed by atoms with van der Waals surface area (Å²) in [5.74, 6) is 0.673. The maximum atomic E-state index is 12.3. The molecule has 1 amide bonds. The summed E-state index contributed by atoms with van der Waals surface area (Å²) in [4.78, 5) is 12.3. The van der Waals surface area contributed by atoms with Crippen LogP contribution in [0.5, 0.6) is 5.75 Å². The van der Waals surface area contributed by atoms with Gasteiger partial charge in [-0.1, -0.05) is 36.4 Å². The molecule has 0 aliphatic carbocycles. The lowest BCUT2D eigenvalue weighted by atomic mass is 10.1. The fourth-order valence-electron chi connectivity index (χ4n) is 2.71. The molecule has 1 aliphatic heterocycles. The lowest BCUT2D eigenvalue weighted by molar-refractivity contribution is 0.0930. The van der Waals surface area contributed by atoms with E-state index in [4.69, 9.17) is 4.74 Å². The second kappa shape index (κ2) is 9.30. The van der Waals surface area contributed by atoms with E-state index in [1.54, 1.807) is 6.07 Å². The van der Waals surface area contributed by atoms with Gasteiger partial charge in [0.05, 0.1) is 0 Å². The minimum absolute atomic E-state index is 0. The predicted octanol–water partition coefficient (Wildman–Crippen LogP) is 3.17. The van der Waals surface area contributed by atoms with Gasteiger partial charge in [0, 0.05) is 18.2 Å². The second-order valence-electron chi connectivity index (χ2n) is 5.82. The molecule has 0 aromatic heterocycles. The Hall–Kier alpha value is -2.04. The monoisotopic (exact) mass is 346 g/mol. The Morgan fingerprint density at radius 1 is 1.17 bits per heavy atom. The average molecular weight is 347 g/mol. The zero-order valence-electron chi connectivity index (χ0n) is 13.5. The van der Waals surface area contributed by atoms with Crippen LogP contribution in [0.3, 0.4) is 0 Å². The molecule has 0 bridgehead atoms. The van der Waals surface area contributed by atoms with Crippen LogP contribution in [0.15, 0.2) is 54.6 Å². The lowest BCUT2D eigenvalue weighted by Gasteiger charge is -2.23. The van der Waals surface area contributed by atoms with Crippen molar-refractivity contribution in [3.05, 3.63) is 65.7 Å². The highest BCUT2D eigenvalue weighted by Crippen LogP contribution is 2.16. The minimum Gasteiger partial charge on any atom is -0.489 e. The Labute approximate surface area is 149 Å². The van der Waals surface area contributed by atoms with E-state index in [9.17, 15) is 4.79 Å². The topological polar surface area (TPSA) is 50.4 Å². The SMILES string of the molecule is Cl.O=C(NC1CCCNC1)c1cccc(OCc2ccccc2)c1. The molecule has 0 saturated carbocycles. The Morgan fingerprint density at radius 2 is 2.00 bits per heavy atom. The predicted molar refractivity (Wildman–Crippen MR) is 97.8 cm³/mol. The molecule has 0 radical (unpaired) electrons. The number of halogens is 1. The summed E-state index contributed by atoms with van der Waals surface area (Å²) in [6.45, 7) is 2.38. The highest BCUT2D eigenvalue weighted by atomic mass is 35.5. The normalized spacial score (nSPS) is 16.8. The van der Waals surface area contributed by atoms with E-state index in [-0.39, 0.29) is 24.4 Å². The summed E-state index contributed by atoms with van der Waals surface area (Å²) in [6.07, 6.45) is 2.13. The summed E-state index contributed by atoms with van der Waals surface area (Å²) in [5.41, 5.74) is 1.75. The van der Waals surface area contributed by atoms with Crippen LogP contribution in [0.1, 0.15) is 28.8 Å². The van der Waals surface area contributed by atoms with E-state index in [2.05, 4.69) is 10.6 Å². The number of piperidine rings is 1. The van der Waals surface area contributed by atoms with Crippen molar-refractivity contribution in [2.24, 2.45) is 0 Å². The van der Waals surface area contributed by atoms with Gasteiger partial charge in [-0.05, 0) is 43.1 Å². The molecule has 1 fully saturated rings. The first-order valence-electron chi connectivity index (χ1n) is 8.09. The summed E-state index contributed by atoms with van der Waals surface area (Å²) in [5, 5.41) is 6.38. The first-order valence-corrected chi connectivity index (χ1v) is 8.09. The zero-order chi connectivity index (χ0) is 15.9. The lowest BCUT2D eigenvalue weighted by Crippen LogP contribution is -2.45. The maximum Gasteiger partial charge on any atom is 0.251 e. The average Bonchev–Trinajstić information content (AvgIpc) is 2.62. The molecule has 2 aromatic rings. The smallest absolute Gasteiger partial charge is 0.251 e. The van der Waals surface area contributed by atoms with Gasteiger partial charge in [0.2, 0.25) is 0 Å². The molecule has 4 nitrogen and oxygen atoms in total. The summed E-state index contributed by atoms with van der Waals surface area (Å²) < 4.78 is 5.78. The largest absolute Gasteiger partial charge is 0.489 e. The molecule has 1 atom stereocenters. The second-order valence-corrected chi connectivity index (χ2v) is 5.82. The van der Waals surface area contributed by atoms with E-state index in [1.165, 1.54) is 0 Å². The number of hydrogen-bond acceptors (Lipinski definition) is 3. The number of ether oxygens (including phenoxy) is 1. The van der Waals surface area contributed by atoms with Gasteiger partial charge >= 0.3 is 0 Å². The van der Waals surface area contributed by atoms with Gasteiger partial charge in [0.1, 0.15) is 12.4 Å². The van der Waals surface area contributed by atoms with Gasteiger partial charge in [-0.25, -0.2) is 0 Å². The number of benzene rings is 2. The van der Waals surface area contributed by atoms with Gasteiger partial charge in [-0.15, -0.1) is 12.4 Å². The number of hydrogen-bond donors (Lipinski definition) is 2. The van der Waals surface area contributed by atoms with Gasteiger partial charge in [-0.2, -0.15) is 0 Å². The van der Waals surface area contributed by atoms with Crippen LogP contribution >= 0.6 is 12.4 Å². The Kier molecular flexibility index (Phi) is 7.09. The molecule has 5 heteroatoms. The van der Waals surface area contributed by atoms with Gasteiger partial charge in [-0.3, -0.25) is 4.79 Å². The Bertz CT molecular complexity index is 643. The third kappa shape index (κ3) is 5.25. The van der Waals surface area contributed by atoms with Crippen molar-refractivity contribution in [1.29, 1.82) is 0 Å². The molecule has 2 N–H and O–H groups in total. The zero-order valence-corrected chi connectivity index (χ0v) is 14.4. The summed E-state index contributed by atoms with van der Waals surface area (Å²) in [7, 11) is 0. The van der Waals surface area contributed by atoms with E-state index in [1.807, 2.05) is 48.5 Å². The van der Waals surface area contributed by atoms with Crippen molar-refractivity contribution in [3.8, 4) is 5.75 Å².